The first-order valence-electron chi connectivity index (χ1n) is 10.0. The first-order valence-corrected chi connectivity index (χ1v) is 12.0. The van der Waals surface area contributed by atoms with Crippen molar-refractivity contribution in [3.8, 4) is 11.4 Å². The van der Waals surface area contributed by atoms with Gasteiger partial charge in [0.2, 0.25) is 0 Å². The molecule has 160 valence electrons. The van der Waals surface area contributed by atoms with E-state index < -0.39 is 15.1 Å². The van der Waals surface area contributed by atoms with Gasteiger partial charge in [-0.15, -0.1) is 0 Å². The number of hydrogen-bond acceptors (Lipinski definition) is 7. The van der Waals surface area contributed by atoms with Gasteiger partial charge in [0, 0.05) is 48.1 Å². The summed E-state index contributed by atoms with van der Waals surface area (Å²) >= 11 is 0. The highest BCUT2D eigenvalue weighted by Crippen LogP contribution is 2.33. The molecule has 9 heteroatoms. The SMILES string of the molecule is CS(=O)(=O)C(c1cc(N2CCOCC2)nc(-c2ccc3[nH]ccc3c2)n1)c1ccco1. The predicted octanol–water partition coefficient (Wildman–Crippen LogP) is 3.19. The van der Waals surface area contributed by atoms with Crippen LogP contribution >= 0.6 is 0 Å². The molecule has 0 amide bonds. The topological polar surface area (TPSA) is 101 Å². The normalized spacial score (nSPS) is 16.0. The molecule has 0 saturated carbocycles. The van der Waals surface area contributed by atoms with Crippen molar-refractivity contribution < 1.29 is 17.6 Å². The quantitative estimate of drug-likeness (QED) is 0.511. The van der Waals surface area contributed by atoms with Crippen molar-refractivity contribution in [2.24, 2.45) is 0 Å². The van der Waals surface area contributed by atoms with E-state index in [9.17, 15) is 8.42 Å². The first kappa shape index (κ1) is 19.8. The average Bonchev–Trinajstić information content (AvgIpc) is 3.45. The Balaban J connectivity index is 1.68. The minimum Gasteiger partial charge on any atom is -0.468 e. The standard InChI is InChI=1S/C22H22N4O4S/c1-31(27,28)21(19-3-2-10-30-19)18-14-20(26-8-11-29-12-9-26)25-22(24-18)16-4-5-17-15(13-16)6-7-23-17/h2-7,10,13-14,21,23H,8-9,11-12H2,1H3. The number of nitrogens with one attached hydrogen (secondary N) is 1. The zero-order valence-corrected chi connectivity index (χ0v) is 17.8. The van der Waals surface area contributed by atoms with E-state index in [4.69, 9.17) is 19.1 Å². The lowest BCUT2D eigenvalue weighted by Crippen LogP contribution is -2.37. The molecule has 1 aromatic carbocycles. The molecule has 0 spiro atoms. The van der Waals surface area contributed by atoms with Crippen LogP contribution in [-0.2, 0) is 14.6 Å². The molecule has 5 rings (SSSR count). The van der Waals surface area contributed by atoms with Gasteiger partial charge in [-0.1, -0.05) is 0 Å². The van der Waals surface area contributed by atoms with Crippen molar-refractivity contribution in [1.29, 1.82) is 0 Å². The molecule has 3 aromatic heterocycles. The van der Waals surface area contributed by atoms with E-state index in [1.54, 1.807) is 18.2 Å². The smallest absolute Gasteiger partial charge is 0.163 e. The van der Waals surface area contributed by atoms with Crippen LogP contribution in [0.25, 0.3) is 22.3 Å². The summed E-state index contributed by atoms with van der Waals surface area (Å²) in [6, 6.07) is 13.0. The van der Waals surface area contributed by atoms with Crippen molar-refractivity contribution >= 4 is 26.6 Å². The Labute approximate surface area is 179 Å². The summed E-state index contributed by atoms with van der Waals surface area (Å²) in [7, 11) is -3.55. The van der Waals surface area contributed by atoms with E-state index in [0.29, 0.717) is 49.4 Å². The molecule has 1 unspecified atom stereocenters. The number of H-pyrrole nitrogens is 1. The van der Waals surface area contributed by atoms with E-state index in [1.807, 2.05) is 30.5 Å². The Kier molecular flexibility index (Phi) is 4.99. The van der Waals surface area contributed by atoms with E-state index >= 15 is 0 Å². The van der Waals surface area contributed by atoms with Crippen molar-refractivity contribution in [2.45, 2.75) is 5.25 Å². The van der Waals surface area contributed by atoms with Crippen LogP contribution in [0.1, 0.15) is 16.7 Å². The summed E-state index contributed by atoms with van der Waals surface area (Å²) in [4.78, 5) is 14.7. The van der Waals surface area contributed by atoms with Gasteiger partial charge in [0.25, 0.3) is 0 Å². The van der Waals surface area contributed by atoms with Crippen molar-refractivity contribution in [1.82, 2.24) is 15.0 Å². The number of morpholine rings is 1. The molecule has 1 aliphatic heterocycles. The number of aromatic amines is 1. The van der Waals surface area contributed by atoms with E-state index in [1.165, 1.54) is 12.5 Å². The summed E-state index contributed by atoms with van der Waals surface area (Å²) in [6.07, 6.45) is 4.54. The van der Waals surface area contributed by atoms with Crippen LogP contribution in [0.3, 0.4) is 0 Å². The fourth-order valence-electron chi connectivity index (χ4n) is 3.88. The summed E-state index contributed by atoms with van der Waals surface area (Å²) in [6.45, 7) is 2.55. The Hall–Kier alpha value is -3.17. The number of rotatable bonds is 5. The Bertz CT molecular complexity index is 1310. The first-order chi connectivity index (χ1) is 15.0. The molecule has 0 bridgehead atoms. The Morgan fingerprint density at radius 3 is 2.68 bits per heavy atom. The van der Waals surface area contributed by atoms with Gasteiger partial charge < -0.3 is 19.0 Å². The van der Waals surface area contributed by atoms with Crippen molar-refractivity contribution in [3.63, 3.8) is 0 Å². The number of fused-ring (bicyclic) bond motifs is 1. The Morgan fingerprint density at radius 1 is 1.10 bits per heavy atom. The number of benzene rings is 1. The number of nitrogens with zero attached hydrogens (tertiary/aromatic N) is 3. The second-order valence-electron chi connectivity index (χ2n) is 7.58. The van der Waals surface area contributed by atoms with Gasteiger partial charge in [-0.05, 0) is 36.4 Å². The molecule has 0 radical (unpaired) electrons. The van der Waals surface area contributed by atoms with Crippen molar-refractivity contribution in [3.05, 3.63) is 66.4 Å². The number of ether oxygens (including phenoxy) is 1. The van der Waals surface area contributed by atoms with Crippen LogP contribution in [0.15, 0.2) is 59.3 Å². The maximum absolute atomic E-state index is 12.7. The van der Waals surface area contributed by atoms with Gasteiger partial charge >= 0.3 is 0 Å². The molecule has 31 heavy (non-hydrogen) atoms. The third-order valence-electron chi connectivity index (χ3n) is 5.38. The third kappa shape index (κ3) is 3.94. The van der Waals surface area contributed by atoms with E-state index in [-0.39, 0.29) is 0 Å². The number of anilines is 1. The maximum Gasteiger partial charge on any atom is 0.163 e. The average molecular weight is 439 g/mol. The lowest BCUT2D eigenvalue weighted by atomic mass is 10.1. The highest BCUT2D eigenvalue weighted by Gasteiger charge is 2.31. The van der Waals surface area contributed by atoms with Crippen molar-refractivity contribution in [2.75, 3.05) is 37.5 Å². The second kappa shape index (κ2) is 7.82. The molecule has 4 aromatic rings. The van der Waals surface area contributed by atoms with Gasteiger partial charge in [-0.2, -0.15) is 0 Å². The summed E-state index contributed by atoms with van der Waals surface area (Å²) in [5.41, 5.74) is 2.21. The van der Waals surface area contributed by atoms with Crippen LogP contribution in [0.4, 0.5) is 5.82 Å². The zero-order valence-electron chi connectivity index (χ0n) is 17.0. The molecule has 0 aliphatic carbocycles. The number of hydrogen-bond donors (Lipinski definition) is 1. The van der Waals surface area contributed by atoms with E-state index in [2.05, 4.69) is 9.88 Å². The maximum atomic E-state index is 12.7. The molecule has 4 heterocycles. The predicted molar refractivity (Wildman–Crippen MR) is 118 cm³/mol. The van der Waals surface area contributed by atoms with Crippen LogP contribution in [0, 0.1) is 0 Å². The van der Waals surface area contributed by atoms with Crippen LogP contribution in [-0.4, -0.2) is 55.9 Å². The summed E-state index contributed by atoms with van der Waals surface area (Å²) < 4.78 is 36.4. The fourth-order valence-corrected chi connectivity index (χ4v) is 4.99. The summed E-state index contributed by atoms with van der Waals surface area (Å²) in [5.74, 6) is 1.49. The number of aromatic nitrogens is 3. The minimum absolute atomic E-state index is 0.334. The largest absolute Gasteiger partial charge is 0.468 e. The van der Waals surface area contributed by atoms with Gasteiger partial charge in [-0.3, -0.25) is 0 Å². The monoisotopic (exact) mass is 438 g/mol. The molecule has 1 atom stereocenters. The van der Waals surface area contributed by atoms with Gasteiger partial charge in [0.15, 0.2) is 20.9 Å². The number of furan rings is 1. The second-order valence-corrected chi connectivity index (χ2v) is 9.71. The number of sulfone groups is 1. The molecule has 1 fully saturated rings. The molecule has 8 nitrogen and oxygen atoms in total. The van der Waals surface area contributed by atoms with E-state index in [0.717, 1.165) is 16.5 Å². The molecule has 1 N–H and O–H groups in total. The van der Waals surface area contributed by atoms with Gasteiger partial charge in [-0.25, -0.2) is 18.4 Å². The highest BCUT2D eigenvalue weighted by molar-refractivity contribution is 7.91. The molecular formula is C22H22N4O4S. The molecular weight excluding hydrogens is 416 g/mol. The van der Waals surface area contributed by atoms with Gasteiger partial charge in [0.1, 0.15) is 11.6 Å². The van der Waals surface area contributed by atoms with Gasteiger partial charge in [0.05, 0.1) is 25.2 Å². The lowest BCUT2D eigenvalue weighted by Gasteiger charge is -2.28. The Morgan fingerprint density at radius 2 is 1.94 bits per heavy atom. The fraction of sp³-hybridized carbons (Fsp3) is 0.273. The third-order valence-corrected chi connectivity index (χ3v) is 6.71. The molecule has 1 aliphatic rings. The summed E-state index contributed by atoms with van der Waals surface area (Å²) in [5, 5.41) is 0.0187. The highest BCUT2D eigenvalue weighted by atomic mass is 32.2. The molecule has 1 saturated heterocycles. The zero-order chi connectivity index (χ0) is 21.4. The van der Waals surface area contributed by atoms with Crippen LogP contribution in [0.5, 0.6) is 0 Å². The lowest BCUT2D eigenvalue weighted by molar-refractivity contribution is 0.122. The van der Waals surface area contributed by atoms with Crippen LogP contribution in [0.2, 0.25) is 0 Å². The minimum atomic E-state index is -3.55. The van der Waals surface area contributed by atoms with Crippen LogP contribution < -0.4 is 4.90 Å².